The maximum absolute atomic E-state index is 5.78. The van der Waals surface area contributed by atoms with Crippen LogP contribution in [0.25, 0.3) is 0 Å². The Kier molecular flexibility index (Phi) is 17.3. The number of hydrogen-bond donors (Lipinski definition) is 1. The molecule has 0 aliphatic carbocycles. The predicted molar refractivity (Wildman–Crippen MR) is 95.7 cm³/mol. The van der Waals surface area contributed by atoms with E-state index in [0.717, 1.165) is 0 Å². The SMILES string of the molecule is CC.CCO[Si](N[Si](OCC)(OCC)OCC)(OCC)OCC. The van der Waals surface area contributed by atoms with Crippen LogP contribution in [0.15, 0.2) is 0 Å². The molecule has 0 aliphatic rings. The molecule has 0 unspecified atom stereocenters. The van der Waals surface area contributed by atoms with E-state index in [0.29, 0.717) is 39.6 Å². The first-order valence-electron chi connectivity index (χ1n) is 8.70. The van der Waals surface area contributed by atoms with Gasteiger partial charge in [-0.2, -0.15) is 0 Å². The van der Waals surface area contributed by atoms with Crippen molar-refractivity contribution in [3.05, 3.63) is 0 Å². The van der Waals surface area contributed by atoms with Crippen LogP contribution in [-0.2, 0) is 26.6 Å². The molecule has 0 aromatic heterocycles. The van der Waals surface area contributed by atoms with E-state index in [4.69, 9.17) is 26.6 Å². The van der Waals surface area contributed by atoms with Gasteiger partial charge < -0.3 is 26.6 Å². The normalized spacial score (nSPS) is 12.0. The van der Waals surface area contributed by atoms with Crippen LogP contribution in [0.4, 0.5) is 0 Å². The van der Waals surface area contributed by atoms with Crippen molar-refractivity contribution >= 4 is 17.9 Å². The first-order chi connectivity index (χ1) is 11.1. The Labute approximate surface area is 144 Å². The minimum atomic E-state index is -3.11. The van der Waals surface area contributed by atoms with Crippen LogP contribution in [0.5, 0.6) is 0 Å². The van der Waals surface area contributed by atoms with Crippen molar-refractivity contribution in [2.75, 3.05) is 39.6 Å². The summed E-state index contributed by atoms with van der Waals surface area (Å²) >= 11 is 0. The van der Waals surface area contributed by atoms with E-state index in [-0.39, 0.29) is 0 Å². The zero-order chi connectivity index (χ0) is 18.2. The van der Waals surface area contributed by atoms with Crippen molar-refractivity contribution < 1.29 is 26.6 Å². The molecule has 1 N–H and O–H groups in total. The number of rotatable bonds is 14. The molecular formula is C14H37NO6Si2. The van der Waals surface area contributed by atoms with E-state index in [1.54, 1.807) is 0 Å². The zero-order valence-corrected chi connectivity index (χ0v) is 18.2. The predicted octanol–water partition coefficient (Wildman–Crippen LogP) is 2.69. The third-order valence-corrected chi connectivity index (χ3v) is 8.77. The van der Waals surface area contributed by atoms with Crippen molar-refractivity contribution in [2.24, 2.45) is 0 Å². The van der Waals surface area contributed by atoms with Gasteiger partial charge >= 0.3 is 17.9 Å². The van der Waals surface area contributed by atoms with Gasteiger partial charge in [0.1, 0.15) is 0 Å². The Morgan fingerprint density at radius 3 is 0.783 bits per heavy atom. The molecule has 7 nitrogen and oxygen atoms in total. The van der Waals surface area contributed by atoms with Crippen LogP contribution in [0.2, 0.25) is 0 Å². The molecule has 0 radical (unpaired) electrons. The molecule has 0 amide bonds. The van der Waals surface area contributed by atoms with E-state index in [2.05, 4.69) is 4.65 Å². The second-order valence-electron chi connectivity index (χ2n) is 3.84. The Hall–Kier alpha value is 0.154. The molecule has 142 valence electrons. The van der Waals surface area contributed by atoms with Gasteiger partial charge in [0.2, 0.25) is 0 Å². The van der Waals surface area contributed by atoms with Crippen LogP contribution in [0.1, 0.15) is 55.4 Å². The standard InChI is InChI=1S/C12H31NO6Si2.C2H6/c1-7-14-20(15-8-2,16-9-3)13-21(17-10-4,18-11-5)19-12-6;1-2/h13H,7-12H2,1-6H3;1-2H3. The molecule has 0 fully saturated rings. The summed E-state index contributed by atoms with van der Waals surface area (Å²) in [4.78, 5) is 0. The summed E-state index contributed by atoms with van der Waals surface area (Å²) < 4.78 is 37.9. The van der Waals surface area contributed by atoms with Crippen LogP contribution in [0, 0.1) is 0 Å². The van der Waals surface area contributed by atoms with Crippen LogP contribution in [-0.4, -0.2) is 57.6 Å². The maximum Gasteiger partial charge on any atom is 0.595 e. The summed E-state index contributed by atoms with van der Waals surface area (Å²) in [5, 5.41) is 0. The number of nitrogens with one attached hydrogen (secondary N) is 1. The molecule has 9 heteroatoms. The quantitative estimate of drug-likeness (QED) is 0.471. The van der Waals surface area contributed by atoms with Crippen molar-refractivity contribution in [3.8, 4) is 0 Å². The van der Waals surface area contributed by atoms with Gasteiger partial charge in [-0.3, -0.25) is 0 Å². The van der Waals surface area contributed by atoms with Crippen LogP contribution in [0.3, 0.4) is 0 Å². The highest BCUT2D eigenvalue weighted by Crippen LogP contribution is 2.15. The minimum absolute atomic E-state index is 0.466. The molecule has 0 rings (SSSR count). The highest BCUT2D eigenvalue weighted by Gasteiger charge is 2.56. The highest BCUT2D eigenvalue weighted by molar-refractivity contribution is 6.75. The monoisotopic (exact) mass is 371 g/mol. The summed E-state index contributed by atoms with van der Waals surface area (Å²) in [6, 6.07) is 0. The van der Waals surface area contributed by atoms with Crippen LogP contribution < -0.4 is 4.65 Å². The summed E-state index contributed by atoms with van der Waals surface area (Å²) in [6.07, 6.45) is 0. The summed E-state index contributed by atoms with van der Waals surface area (Å²) in [7, 11) is -6.21. The van der Waals surface area contributed by atoms with E-state index in [1.165, 1.54) is 0 Å². The average molecular weight is 372 g/mol. The fourth-order valence-electron chi connectivity index (χ4n) is 1.79. The zero-order valence-electron chi connectivity index (χ0n) is 16.2. The molecule has 0 spiro atoms. The van der Waals surface area contributed by atoms with Crippen LogP contribution >= 0.6 is 0 Å². The molecule has 0 aliphatic heterocycles. The van der Waals surface area contributed by atoms with Gasteiger partial charge in [-0.05, 0) is 41.5 Å². The fraction of sp³-hybridized carbons (Fsp3) is 1.00. The summed E-state index contributed by atoms with van der Waals surface area (Å²) in [5.41, 5.74) is 0. The van der Waals surface area contributed by atoms with Crippen molar-refractivity contribution in [3.63, 3.8) is 0 Å². The largest absolute Gasteiger partial charge is 0.595 e. The first kappa shape index (κ1) is 25.4. The topological polar surface area (TPSA) is 67.4 Å². The third-order valence-electron chi connectivity index (χ3n) is 2.31. The molecule has 0 bridgehead atoms. The Balaban J connectivity index is 0. The van der Waals surface area contributed by atoms with Crippen molar-refractivity contribution in [1.82, 2.24) is 4.65 Å². The molecule has 0 aromatic rings. The lowest BCUT2D eigenvalue weighted by molar-refractivity contribution is 0.0307. The Bertz CT molecular complexity index is 203. The average Bonchev–Trinajstić information content (AvgIpc) is 2.51. The molecule has 0 atom stereocenters. The highest BCUT2D eigenvalue weighted by atomic mass is 28.5. The lowest BCUT2D eigenvalue weighted by atomic mass is 10.9. The van der Waals surface area contributed by atoms with Gasteiger partial charge in [0.15, 0.2) is 0 Å². The maximum atomic E-state index is 5.78. The van der Waals surface area contributed by atoms with Crippen molar-refractivity contribution in [1.29, 1.82) is 0 Å². The Morgan fingerprint density at radius 1 is 0.478 bits per heavy atom. The second kappa shape index (κ2) is 15.7. The molecule has 23 heavy (non-hydrogen) atoms. The van der Waals surface area contributed by atoms with Gasteiger partial charge in [-0.1, -0.05) is 13.8 Å². The van der Waals surface area contributed by atoms with E-state index < -0.39 is 17.9 Å². The van der Waals surface area contributed by atoms with E-state index in [9.17, 15) is 0 Å². The summed E-state index contributed by atoms with van der Waals surface area (Å²) in [5.74, 6) is 0. The molecule has 0 heterocycles. The molecule has 0 aromatic carbocycles. The van der Waals surface area contributed by atoms with Gasteiger partial charge in [0, 0.05) is 39.6 Å². The van der Waals surface area contributed by atoms with Gasteiger partial charge in [-0.25, -0.2) is 4.65 Å². The molecule has 0 saturated carbocycles. The smallest absolute Gasteiger partial charge is 0.362 e. The fourth-order valence-corrected chi connectivity index (χ4v) is 7.81. The lowest BCUT2D eigenvalue weighted by Crippen LogP contribution is -2.73. The second-order valence-corrected chi connectivity index (χ2v) is 8.79. The first-order valence-corrected chi connectivity index (χ1v) is 12.1. The van der Waals surface area contributed by atoms with Gasteiger partial charge in [0.05, 0.1) is 0 Å². The molecular weight excluding hydrogens is 334 g/mol. The summed E-state index contributed by atoms with van der Waals surface area (Å²) in [6.45, 7) is 18.2. The van der Waals surface area contributed by atoms with E-state index >= 15 is 0 Å². The Morgan fingerprint density at radius 2 is 0.652 bits per heavy atom. The van der Waals surface area contributed by atoms with Gasteiger partial charge in [-0.15, -0.1) is 0 Å². The third kappa shape index (κ3) is 9.90. The van der Waals surface area contributed by atoms with Gasteiger partial charge in [0.25, 0.3) is 0 Å². The van der Waals surface area contributed by atoms with E-state index in [1.807, 2.05) is 55.4 Å². The number of hydrogen-bond acceptors (Lipinski definition) is 7. The van der Waals surface area contributed by atoms with Crippen molar-refractivity contribution in [2.45, 2.75) is 55.4 Å². The minimum Gasteiger partial charge on any atom is -0.362 e. The molecule has 0 saturated heterocycles. The lowest BCUT2D eigenvalue weighted by Gasteiger charge is -2.36.